The fourth-order valence-corrected chi connectivity index (χ4v) is 10.3. The lowest BCUT2D eigenvalue weighted by Crippen LogP contribution is -2.83. The lowest BCUT2D eigenvalue weighted by molar-refractivity contribution is -0.345. The minimum atomic E-state index is -2.34. The van der Waals surface area contributed by atoms with Gasteiger partial charge in [-0.1, -0.05) is 62.4 Å². The number of amides is 1. The summed E-state index contributed by atoms with van der Waals surface area (Å²) in [6, 6.07) is 14.3. The molecular formula is C44H51NO16. The van der Waals surface area contributed by atoms with E-state index in [1.165, 1.54) is 39.8 Å². The van der Waals surface area contributed by atoms with Crippen molar-refractivity contribution in [2.45, 2.75) is 127 Å². The molecule has 4 fully saturated rings. The van der Waals surface area contributed by atoms with Gasteiger partial charge in [-0.15, -0.1) is 0 Å². The Morgan fingerprint density at radius 1 is 0.934 bits per heavy atom. The van der Waals surface area contributed by atoms with Crippen molar-refractivity contribution in [2.75, 3.05) is 6.61 Å². The zero-order valence-electron chi connectivity index (χ0n) is 35.0. The summed E-state index contributed by atoms with van der Waals surface area (Å²) >= 11 is 0. The SMILES string of the molecule is CC(=O)O[C@@]12CO[C@@H]1C[C@H](O)[C@@]1(C)C(=O)[C@H](O)C3=C(C)[C@@H](OC(=O)[C@H](O)[C@@H](NC(=O)OC(C)(C)C)c4ccccc4)[C@@H]4OC(=O)OC4([C@@H](OC(=O)c4ccccc4)[C@H]21)C3(C)C. The number of carbonyl (C=O) groups excluding carboxylic acids is 6. The van der Waals surface area contributed by atoms with Gasteiger partial charge in [-0.25, -0.2) is 19.2 Å². The molecule has 2 saturated carbocycles. The summed E-state index contributed by atoms with van der Waals surface area (Å²) < 4.78 is 42.0. The summed E-state index contributed by atoms with van der Waals surface area (Å²) in [7, 11) is 0. The van der Waals surface area contributed by atoms with E-state index < -0.39 is 118 Å². The van der Waals surface area contributed by atoms with Crippen LogP contribution < -0.4 is 5.32 Å². The number of hydrogen-bond acceptors (Lipinski definition) is 16. The monoisotopic (exact) mass is 849 g/mol. The van der Waals surface area contributed by atoms with Crippen LogP contribution in [0.3, 0.4) is 0 Å². The molecule has 17 nitrogen and oxygen atoms in total. The minimum absolute atomic E-state index is 0.0155. The van der Waals surface area contributed by atoms with Gasteiger partial charge >= 0.3 is 30.2 Å². The van der Waals surface area contributed by atoms with Crippen LogP contribution in [0.1, 0.15) is 83.8 Å². The smallest absolute Gasteiger partial charge is 0.454 e. The fraction of sp³-hybridized carbons (Fsp3) is 0.545. The molecule has 0 radical (unpaired) electrons. The molecule has 4 N–H and O–H groups in total. The average Bonchev–Trinajstić information content (AvgIpc) is 3.55. The number of ether oxygens (including phenoxy) is 7. The molecule has 61 heavy (non-hydrogen) atoms. The summed E-state index contributed by atoms with van der Waals surface area (Å²) in [5.74, 6) is -5.70. The van der Waals surface area contributed by atoms with Gasteiger partial charge in [0.15, 0.2) is 35.8 Å². The zero-order valence-corrected chi connectivity index (χ0v) is 35.0. The third-order valence-corrected chi connectivity index (χ3v) is 13.0. The maximum Gasteiger partial charge on any atom is 0.509 e. The molecule has 2 saturated heterocycles. The highest BCUT2D eigenvalue weighted by Crippen LogP contribution is 2.66. The van der Waals surface area contributed by atoms with Crippen molar-refractivity contribution in [2.24, 2.45) is 16.7 Å². The Morgan fingerprint density at radius 3 is 2.13 bits per heavy atom. The Bertz CT molecular complexity index is 2150. The van der Waals surface area contributed by atoms with Gasteiger partial charge in [0.05, 0.1) is 35.6 Å². The molecule has 0 aromatic heterocycles. The predicted molar refractivity (Wildman–Crippen MR) is 208 cm³/mol. The molecule has 1 spiro atoms. The molecule has 5 aliphatic rings. The summed E-state index contributed by atoms with van der Waals surface area (Å²) in [6.45, 7) is 11.5. The number of benzene rings is 2. The van der Waals surface area contributed by atoms with Crippen LogP contribution in [-0.2, 0) is 47.5 Å². The molecule has 2 heterocycles. The summed E-state index contributed by atoms with van der Waals surface area (Å²) in [6.07, 6.45) is -14.8. The second-order valence-corrected chi connectivity index (χ2v) is 18.1. The molecule has 12 atom stereocenters. The number of carbonyl (C=O) groups is 6. The van der Waals surface area contributed by atoms with Gasteiger partial charge < -0.3 is 53.8 Å². The molecule has 1 unspecified atom stereocenters. The van der Waals surface area contributed by atoms with E-state index >= 15 is 4.79 Å². The number of alkyl carbamates (subject to hydrolysis) is 1. The molecular weight excluding hydrogens is 798 g/mol. The standard InChI is InChI=1S/C44H51NO16/c1-21-27-29(48)33(50)42(8)25(47)19-26-43(20-55-26,59-22(2)46)32(42)35(57-36(51)24-17-13-10-14-18-24)44(41(27,6)7)34(58-39(54)61-44)31(21)56-37(52)30(49)28(23-15-11-9-12-16-23)45-38(53)60-40(3,4)5/h9-18,25-26,28-32,34-35,47-49H,19-20H2,1-8H3,(H,45,53)/t25-,26+,28-,29+,30+,31+,32-,34-,35-,42+,43-,44?/m0/s1. The molecule has 2 aromatic carbocycles. The van der Waals surface area contributed by atoms with Crippen molar-refractivity contribution in [3.05, 3.63) is 82.9 Å². The fourth-order valence-electron chi connectivity index (χ4n) is 10.3. The van der Waals surface area contributed by atoms with Crippen LogP contribution in [0, 0.1) is 16.7 Å². The number of Topliss-reactive ketones (excluding diaryl/α,β-unsaturated/α-hetero) is 1. The topological polar surface area (TPSA) is 240 Å². The highest BCUT2D eigenvalue weighted by atomic mass is 16.8. The minimum Gasteiger partial charge on any atom is -0.454 e. The highest BCUT2D eigenvalue weighted by Gasteiger charge is 2.83. The molecule has 7 rings (SSSR count). The Labute approximate surface area is 351 Å². The first-order valence-corrected chi connectivity index (χ1v) is 20.0. The first kappa shape index (κ1) is 43.7. The Morgan fingerprint density at radius 2 is 1.56 bits per heavy atom. The molecule has 2 aliphatic heterocycles. The van der Waals surface area contributed by atoms with Gasteiger partial charge in [0, 0.05) is 18.8 Å². The van der Waals surface area contributed by atoms with E-state index in [0.717, 1.165) is 6.92 Å². The van der Waals surface area contributed by atoms with E-state index in [4.69, 9.17) is 33.2 Å². The Balaban J connectivity index is 1.42. The maximum atomic E-state index is 15.1. The largest absolute Gasteiger partial charge is 0.509 e. The average molecular weight is 850 g/mol. The van der Waals surface area contributed by atoms with Gasteiger partial charge in [-0.05, 0) is 63.5 Å². The number of aliphatic hydroxyl groups is 3. The quantitative estimate of drug-likeness (QED) is 0.169. The lowest BCUT2D eigenvalue weighted by atomic mass is 9.44. The number of nitrogens with one attached hydrogen (secondary N) is 1. The van der Waals surface area contributed by atoms with E-state index in [1.807, 2.05) is 0 Å². The van der Waals surface area contributed by atoms with Crippen molar-refractivity contribution in [3.8, 4) is 0 Å². The van der Waals surface area contributed by atoms with Gasteiger partial charge in [-0.2, -0.15) is 0 Å². The second-order valence-electron chi connectivity index (χ2n) is 18.1. The number of ketones is 1. The maximum absolute atomic E-state index is 15.1. The van der Waals surface area contributed by atoms with Crippen molar-refractivity contribution in [1.82, 2.24) is 5.32 Å². The summed E-state index contributed by atoms with van der Waals surface area (Å²) in [4.78, 5) is 83.7. The van der Waals surface area contributed by atoms with E-state index in [-0.39, 0.29) is 35.3 Å². The molecule has 2 bridgehead atoms. The van der Waals surface area contributed by atoms with Crippen LogP contribution in [0.25, 0.3) is 0 Å². The third kappa shape index (κ3) is 6.85. The van der Waals surface area contributed by atoms with E-state index in [1.54, 1.807) is 69.3 Å². The van der Waals surface area contributed by atoms with Crippen molar-refractivity contribution >= 4 is 35.9 Å². The first-order chi connectivity index (χ1) is 28.5. The molecule has 3 aliphatic carbocycles. The van der Waals surface area contributed by atoms with Crippen LogP contribution >= 0.6 is 0 Å². The number of fused-ring (bicyclic) bond motifs is 4. The number of aliphatic hydroxyl groups excluding tert-OH is 3. The summed E-state index contributed by atoms with van der Waals surface area (Å²) in [5, 5.41) is 38.6. The normalized spacial score (nSPS) is 34.5. The van der Waals surface area contributed by atoms with E-state index in [2.05, 4.69) is 5.32 Å². The number of hydrogen-bond donors (Lipinski definition) is 4. The summed E-state index contributed by atoms with van der Waals surface area (Å²) in [5.41, 5.74) is -8.72. The van der Waals surface area contributed by atoms with Crippen LogP contribution in [0.2, 0.25) is 0 Å². The van der Waals surface area contributed by atoms with Gasteiger partial charge in [0.2, 0.25) is 5.60 Å². The zero-order chi connectivity index (χ0) is 44.6. The van der Waals surface area contributed by atoms with Gasteiger partial charge in [0.1, 0.15) is 17.8 Å². The third-order valence-electron chi connectivity index (χ3n) is 13.0. The van der Waals surface area contributed by atoms with Crippen molar-refractivity contribution < 1.29 is 77.2 Å². The van der Waals surface area contributed by atoms with Gasteiger partial charge in [-0.3, -0.25) is 9.59 Å². The van der Waals surface area contributed by atoms with E-state index in [9.17, 15) is 39.3 Å². The van der Waals surface area contributed by atoms with Crippen molar-refractivity contribution in [3.63, 3.8) is 0 Å². The molecule has 2 aromatic rings. The lowest BCUT2D eigenvalue weighted by Gasteiger charge is -2.67. The molecule has 328 valence electrons. The van der Waals surface area contributed by atoms with Crippen LogP contribution in [0.15, 0.2) is 71.8 Å². The predicted octanol–water partition coefficient (Wildman–Crippen LogP) is 3.41. The second kappa shape index (κ2) is 15.2. The number of esters is 3. The number of rotatable bonds is 8. The van der Waals surface area contributed by atoms with Crippen LogP contribution in [0.5, 0.6) is 0 Å². The van der Waals surface area contributed by atoms with Crippen LogP contribution in [-0.4, -0.2) is 117 Å². The molecule has 17 heteroatoms. The van der Waals surface area contributed by atoms with E-state index in [0.29, 0.717) is 0 Å². The Hall–Kier alpha value is -5.36. The van der Waals surface area contributed by atoms with Crippen LogP contribution in [0.4, 0.5) is 9.59 Å². The van der Waals surface area contributed by atoms with Gasteiger partial charge in [0.25, 0.3) is 0 Å². The molecule has 1 amide bonds. The highest BCUT2D eigenvalue weighted by molar-refractivity contribution is 5.94. The first-order valence-electron chi connectivity index (χ1n) is 20.0. The Kier molecular flexibility index (Phi) is 10.9. The van der Waals surface area contributed by atoms with Crippen molar-refractivity contribution in [1.29, 1.82) is 0 Å².